The fraction of sp³-hybridized carbons (Fsp3) is 0.375. The molecule has 0 bridgehead atoms. The minimum absolute atomic E-state index is 0.127. The quantitative estimate of drug-likeness (QED) is 0.867. The van der Waals surface area contributed by atoms with E-state index in [1.165, 1.54) is 10.4 Å². The maximum Gasteiger partial charge on any atom is 0.170 e. The second kappa shape index (κ2) is 6.12. The van der Waals surface area contributed by atoms with Crippen molar-refractivity contribution in [1.82, 2.24) is 15.2 Å². The highest BCUT2D eigenvalue weighted by atomic mass is 32.1. The van der Waals surface area contributed by atoms with Crippen molar-refractivity contribution in [3.05, 3.63) is 52.0 Å². The molecule has 0 aromatic carbocycles. The van der Waals surface area contributed by atoms with E-state index in [1.54, 1.807) is 0 Å². The maximum atomic E-state index is 5.57. The van der Waals surface area contributed by atoms with Crippen molar-refractivity contribution in [3.8, 4) is 0 Å². The average molecular weight is 317 g/mol. The van der Waals surface area contributed by atoms with Crippen LogP contribution in [0, 0.1) is 6.92 Å². The SMILES string of the molecule is CCCN1C(=S)N[C@@H](c2ccccn2)[C@H]1c1sccc1C. The summed E-state index contributed by atoms with van der Waals surface area (Å²) >= 11 is 7.38. The summed E-state index contributed by atoms with van der Waals surface area (Å²) in [5.41, 5.74) is 2.38. The van der Waals surface area contributed by atoms with E-state index in [2.05, 4.69) is 46.6 Å². The third-order valence-electron chi connectivity index (χ3n) is 3.83. The normalized spacial score (nSPS) is 21.6. The molecule has 0 spiro atoms. The fourth-order valence-corrected chi connectivity index (χ4v) is 4.27. The highest BCUT2D eigenvalue weighted by molar-refractivity contribution is 7.80. The van der Waals surface area contributed by atoms with Gasteiger partial charge in [0.15, 0.2) is 5.11 Å². The van der Waals surface area contributed by atoms with Gasteiger partial charge in [-0.2, -0.15) is 0 Å². The van der Waals surface area contributed by atoms with Crippen molar-refractivity contribution in [2.24, 2.45) is 0 Å². The molecule has 5 heteroatoms. The molecule has 21 heavy (non-hydrogen) atoms. The van der Waals surface area contributed by atoms with Crippen LogP contribution in [0.4, 0.5) is 0 Å². The molecule has 2 atom stereocenters. The van der Waals surface area contributed by atoms with E-state index in [0.29, 0.717) is 0 Å². The van der Waals surface area contributed by atoms with Gasteiger partial charge in [-0.05, 0) is 54.7 Å². The van der Waals surface area contributed by atoms with Gasteiger partial charge in [-0.15, -0.1) is 11.3 Å². The highest BCUT2D eigenvalue weighted by Crippen LogP contribution is 2.41. The van der Waals surface area contributed by atoms with Crippen molar-refractivity contribution in [3.63, 3.8) is 0 Å². The number of aromatic nitrogens is 1. The molecule has 110 valence electrons. The molecule has 1 aliphatic rings. The minimum Gasteiger partial charge on any atom is -0.352 e. The first-order valence-electron chi connectivity index (χ1n) is 7.24. The van der Waals surface area contributed by atoms with Crippen LogP contribution in [0.5, 0.6) is 0 Å². The maximum absolute atomic E-state index is 5.57. The lowest BCUT2D eigenvalue weighted by Crippen LogP contribution is -2.30. The molecule has 0 unspecified atom stereocenters. The standard InChI is InChI=1S/C16H19N3S2/c1-3-9-19-14(15-11(2)7-10-21-15)13(18-16(19)20)12-6-4-5-8-17-12/h4-8,10,13-14H,3,9H2,1-2H3,(H,18,20)/t13-,14-/m0/s1. The third kappa shape index (κ3) is 2.68. The van der Waals surface area contributed by atoms with Gasteiger partial charge in [0, 0.05) is 17.6 Å². The molecule has 0 aliphatic carbocycles. The van der Waals surface area contributed by atoms with Crippen LogP contribution in [0.3, 0.4) is 0 Å². The van der Waals surface area contributed by atoms with Crippen LogP contribution in [-0.4, -0.2) is 21.5 Å². The van der Waals surface area contributed by atoms with E-state index in [0.717, 1.165) is 23.8 Å². The summed E-state index contributed by atoms with van der Waals surface area (Å²) in [5, 5.41) is 6.47. The zero-order valence-corrected chi connectivity index (χ0v) is 13.9. The highest BCUT2D eigenvalue weighted by Gasteiger charge is 2.40. The monoisotopic (exact) mass is 317 g/mol. The van der Waals surface area contributed by atoms with Gasteiger partial charge in [-0.3, -0.25) is 4.98 Å². The molecule has 3 heterocycles. The van der Waals surface area contributed by atoms with Crippen molar-refractivity contribution in [2.75, 3.05) is 6.54 Å². The number of nitrogens with one attached hydrogen (secondary N) is 1. The summed E-state index contributed by atoms with van der Waals surface area (Å²) in [4.78, 5) is 8.23. The van der Waals surface area contributed by atoms with Crippen LogP contribution < -0.4 is 5.32 Å². The molecule has 1 saturated heterocycles. The van der Waals surface area contributed by atoms with E-state index in [4.69, 9.17) is 12.2 Å². The predicted molar refractivity (Wildman–Crippen MR) is 91.5 cm³/mol. The summed E-state index contributed by atoms with van der Waals surface area (Å²) < 4.78 is 0. The van der Waals surface area contributed by atoms with E-state index >= 15 is 0 Å². The lowest BCUT2D eigenvalue weighted by atomic mass is 10.0. The number of nitrogens with zero attached hydrogens (tertiary/aromatic N) is 2. The van der Waals surface area contributed by atoms with Gasteiger partial charge >= 0.3 is 0 Å². The largest absolute Gasteiger partial charge is 0.352 e. The van der Waals surface area contributed by atoms with Crippen LogP contribution in [0.25, 0.3) is 0 Å². The van der Waals surface area contributed by atoms with Gasteiger partial charge in [0.25, 0.3) is 0 Å². The summed E-state index contributed by atoms with van der Waals surface area (Å²) in [6.45, 7) is 5.33. The Morgan fingerprint density at radius 2 is 2.24 bits per heavy atom. The van der Waals surface area contributed by atoms with Crippen LogP contribution >= 0.6 is 23.6 Å². The predicted octanol–water partition coefficient (Wildman–Crippen LogP) is 3.83. The molecule has 1 fully saturated rings. The molecule has 1 aliphatic heterocycles. The van der Waals surface area contributed by atoms with E-state index in [9.17, 15) is 0 Å². The summed E-state index contributed by atoms with van der Waals surface area (Å²) in [6.07, 6.45) is 2.93. The molecule has 3 rings (SSSR count). The zero-order valence-electron chi connectivity index (χ0n) is 12.2. The fourth-order valence-electron chi connectivity index (χ4n) is 2.86. The van der Waals surface area contributed by atoms with Gasteiger partial charge in [-0.25, -0.2) is 0 Å². The third-order valence-corrected chi connectivity index (χ3v) is 5.27. The molecular formula is C16H19N3S2. The first-order chi connectivity index (χ1) is 10.2. The number of hydrogen-bond donors (Lipinski definition) is 1. The first kappa shape index (κ1) is 14.5. The molecule has 2 aromatic heterocycles. The Morgan fingerprint density at radius 3 is 2.86 bits per heavy atom. The summed E-state index contributed by atoms with van der Waals surface area (Å²) in [5.74, 6) is 0. The van der Waals surface area contributed by atoms with E-state index in [1.807, 2.05) is 29.7 Å². The van der Waals surface area contributed by atoms with Crippen LogP contribution in [0.2, 0.25) is 0 Å². The Hall–Kier alpha value is -1.46. The molecule has 3 nitrogen and oxygen atoms in total. The number of thiocarbonyl (C=S) groups is 1. The minimum atomic E-state index is 0.127. The lowest BCUT2D eigenvalue weighted by Gasteiger charge is -2.27. The number of rotatable bonds is 4. The van der Waals surface area contributed by atoms with E-state index in [-0.39, 0.29) is 12.1 Å². The van der Waals surface area contributed by atoms with Crippen molar-refractivity contribution >= 4 is 28.7 Å². The van der Waals surface area contributed by atoms with Crippen molar-refractivity contribution < 1.29 is 0 Å². The van der Waals surface area contributed by atoms with Crippen LogP contribution in [0.1, 0.15) is 41.6 Å². The molecular weight excluding hydrogens is 298 g/mol. The van der Waals surface area contributed by atoms with E-state index < -0.39 is 0 Å². The number of hydrogen-bond acceptors (Lipinski definition) is 3. The van der Waals surface area contributed by atoms with Gasteiger partial charge in [0.05, 0.1) is 17.8 Å². The van der Waals surface area contributed by atoms with Crippen LogP contribution in [-0.2, 0) is 0 Å². The topological polar surface area (TPSA) is 28.2 Å². The molecule has 0 amide bonds. The van der Waals surface area contributed by atoms with Gasteiger partial charge in [0.1, 0.15) is 0 Å². The van der Waals surface area contributed by atoms with Crippen molar-refractivity contribution in [2.45, 2.75) is 32.4 Å². The Kier molecular flexibility index (Phi) is 4.22. The second-order valence-corrected chi connectivity index (χ2v) is 6.62. The number of pyridine rings is 1. The molecule has 2 aromatic rings. The lowest BCUT2D eigenvalue weighted by molar-refractivity contribution is 0.321. The Morgan fingerprint density at radius 1 is 1.38 bits per heavy atom. The van der Waals surface area contributed by atoms with Gasteiger partial charge in [-0.1, -0.05) is 13.0 Å². The van der Waals surface area contributed by atoms with Crippen molar-refractivity contribution in [1.29, 1.82) is 0 Å². The zero-order chi connectivity index (χ0) is 14.8. The van der Waals surface area contributed by atoms with Gasteiger partial charge < -0.3 is 10.2 Å². The Labute approximate surface area is 135 Å². The summed E-state index contributed by atoms with van der Waals surface area (Å²) in [7, 11) is 0. The second-order valence-electron chi connectivity index (χ2n) is 5.29. The molecule has 0 saturated carbocycles. The summed E-state index contributed by atoms with van der Waals surface area (Å²) in [6, 6.07) is 8.61. The smallest absolute Gasteiger partial charge is 0.170 e. The number of thiophene rings is 1. The Balaban J connectivity index is 2.03. The molecule has 0 radical (unpaired) electrons. The van der Waals surface area contributed by atoms with Crippen LogP contribution in [0.15, 0.2) is 35.8 Å². The number of aryl methyl sites for hydroxylation is 1. The van der Waals surface area contributed by atoms with Gasteiger partial charge in [0.2, 0.25) is 0 Å². The Bertz CT molecular complexity index is 623. The average Bonchev–Trinajstić information content (AvgIpc) is 3.05. The first-order valence-corrected chi connectivity index (χ1v) is 8.53. The molecule has 1 N–H and O–H groups in total.